The summed E-state index contributed by atoms with van der Waals surface area (Å²) in [7, 11) is 0. The molecule has 1 saturated carbocycles. The molecule has 144 valence electrons. The molecule has 1 nitrogen and oxygen atoms in total. The van der Waals surface area contributed by atoms with Crippen LogP contribution in [0.3, 0.4) is 0 Å². The van der Waals surface area contributed by atoms with Crippen molar-refractivity contribution in [1.82, 2.24) is 0 Å². The van der Waals surface area contributed by atoms with Gasteiger partial charge in [-0.2, -0.15) is 0 Å². The van der Waals surface area contributed by atoms with Gasteiger partial charge in [0.25, 0.3) is 0 Å². The van der Waals surface area contributed by atoms with Crippen LogP contribution in [0.2, 0.25) is 0 Å². The van der Waals surface area contributed by atoms with Gasteiger partial charge >= 0.3 is 0 Å². The Morgan fingerprint density at radius 3 is 2.15 bits per heavy atom. The van der Waals surface area contributed by atoms with Gasteiger partial charge in [0, 0.05) is 0 Å². The minimum Gasteiger partial charge on any atom is -0.498 e. The minimum absolute atomic E-state index is 0.114. The molecule has 4 heteroatoms. The van der Waals surface area contributed by atoms with Gasteiger partial charge in [-0.3, -0.25) is 0 Å². The highest BCUT2D eigenvalue weighted by atomic mass is 19.2. The number of ether oxygens (including phenoxy) is 1. The molecule has 1 atom stereocenters. The SMILES string of the molecule is CCCCCC1CCC(C2CCC(c3cc(F)c(F)c(F)c3)CC2)=CO1. The number of hydrogen-bond acceptors (Lipinski definition) is 1. The summed E-state index contributed by atoms with van der Waals surface area (Å²) in [6, 6.07) is 2.32. The average molecular weight is 366 g/mol. The number of unbranched alkanes of at least 4 members (excludes halogenated alkanes) is 2. The Labute approximate surface area is 154 Å². The predicted octanol–water partition coefficient (Wildman–Crippen LogP) is 7.02. The lowest BCUT2D eigenvalue weighted by molar-refractivity contribution is 0.103. The molecule has 0 aromatic heterocycles. The van der Waals surface area contributed by atoms with Crippen LogP contribution in [-0.2, 0) is 4.74 Å². The molecule has 1 unspecified atom stereocenters. The third-order valence-corrected chi connectivity index (χ3v) is 6.03. The fourth-order valence-electron chi connectivity index (χ4n) is 4.38. The van der Waals surface area contributed by atoms with Gasteiger partial charge in [0.15, 0.2) is 17.5 Å². The molecule has 0 radical (unpaired) electrons. The lowest BCUT2D eigenvalue weighted by Gasteiger charge is -2.33. The van der Waals surface area contributed by atoms with E-state index in [1.165, 1.54) is 24.8 Å². The predicted molar refractivity (Wildman–Crippen MR) is 97.3 cm³/mol. The van der Waals surface area contributed by atoms with Crippen molar-refractivity contribution < 1.29 is 17.9 Å². The molecule has 1 aromatic rings. The van der Waals surface area contributed by atoms with Crippen molar-refractivity contribution in [3.63, 3.8) is 0 Å². The van der Waals surface area contributed by atoms with E-state index in [1.807, 2.05) is 6.26 Å². The topological polar surface area (TPSA) is 9.23 Å². The standard InChI is InChI=1S/C22H29F3O/c1-2-3-4-5-19-11-10-17(14-26-19)15-6-8-16(9-7-15)18-12-20(23)22(25)21(24)13-18/h12-16,19H,2-11H2,1H3. The van der Waals surface area contributed by atoms with Crippen LogP contribution in [-0.4, -0.2) is 6.10 Å². The van der Waals surface area contributed by atoms with E-state index in [0.29, 0.717) is 17.6 Å². The molecule has 0 amide bonds. The Kier molecular flexibility index (Phi) is 6.66. The van der Waals surface area contributed by atoms with E-state index in [2.05, 4.69) is 6.92 Å². The van der Waals surface area contributed by atoms with Gasteiger partial charge in [-0.1, -0.05) is 19.8 Å². The Morgan fingerprint density at radius 1 is 0.923 bits per heavy atom. The molecule has 2 aliphatic rings. The number of halogens is 3. The average Bonchev–Trinajstić information content (AvgIpc) is 2.67. The fraction of sp³-hybridized carbons (Fsp3) is 0.636. The van der Waals surface area contributed by atoms with E-state index < -0.39 is 17.5 Å². The second-order valence-corrected chi connectivity index (χ2v) is 7.83. The third-order valence-electron chi connectivity index (χ3n) is 6.03. The van der Waals surface area contributed by atoms with Gasteiger partial charge in [0.2, 0.25) is 0 Å². The van der Waals surface area contributed by atoms with Crippen LogP contribution in [0, 0.1) is 23.4 Å². The van der Waals surface area contributed by atoms with Crippen molar-refractivity contribution in [2.45, 2.75) is 83.2 Å². The lowest BCUT2D eigenvalue weighted by Crippen LogP contribution is -2.21. The molecule has 1 aromatic carbocycles. The maximum Gasteiger partial charge on any atom is 0.194 e. The summed E-state index contributed by atoms with van der Waals surface area (Å²) in [5.41, 5.74) is 1.98. The number of allylic oxidation sites excluding steroid dienone is 1. The van der Waals surface area contributed by atoms with E-state index in [-0.39, 0.29) is 5.92 Å². The molecular weight excluding hydrogens is 337 g/mol. The second kappa shape index (κ2) is 8.96. The first-order valence-electron chi connectivity index (χ1n) is 10.1. The highest BCUT2D eigenvalue weighted by molar-refractivity contribution is 5.24. The van der Waals surface area contributed by atoms with Gasteiger partial charge in [-0.25, -0.2) is 13.2 Å². The Hall–Kier alpha value is -1.45. The van der Waals surface area contributed by atoms with Crippen molar-refractivity contribution in [2.75, 3.05) is 0 Å². The maximum atomic E-state index is 13.5. The van der Waals surface area contributed by atoms with Crippen LogP contribution < -0.4 is 0 Å². The van der Waals surface area contributed by atoms with Crippen LogP contribution >= 0.6 is 0 Å². The van der Waals surface area contributed by atoms with E-state index >= 15 is 0 Å². The normalized spacial score (nSPS) is 26.3. The summed E-state index contributed by atoms with van der Waals surface area (Å²) in [4.78, 5) is 0. The number of benzene rings is 1. The van der Waals surface area contributed by atoms with Crippen LogP contribution in [0.25, 0.3) is 0 Å². The highest BCUT2D eigenvalue weighted by Gasteiger charge is 2.28. The summed E-state index contributed by atoms with van der Waals surface area (Å²) in [6.45, 7) is 2.21. The second-order valence-electron chi connectivity index (χ2n) is 7.83. The van der Waals surface area contributed by atoms with E-state index in [4.69, 9.17) is 4.74 Å². The molecule has 1 aliphatic heterocycles. The highest BCUT2D eigenvalue weighted by Crippen LogP contribution is 2.41. The molecule has 26 heavy (non-hydrogen) atoms. The molecular formula is C22H29F3O. The number of rotatable bonds is 6. The zero-order valence-corrected chi connectivity index (χ0v) is 15.6. The van der Waals surface area contributed by atoms with Gasteiger partial charge in [-0.05, 0) is 86.5 Å². The Morgan fingerprint density at radius 2 is 1.58 bits per heavy atom. The maximum absolute atomic E-state index is 13.5. The van der Waals surface area contributed by atoms with Crippen molar-refractivity contribution in [1.29, 1.82) is 0 Å². The van der Waals surface area contributed by atoms with Crippen LogP contribution in [0.1, 0.15) is 82.6 Å². The molecule has 1 fully saturated rings. The zero-order chi connectivity index (χ0) is 18.5. The van der Waals surface area contributed by atoms with E-state index in [9.17, 15) is 13.2 Å². The van der Waals surface area contributed by atoms with Gasteiger partial charge < -0.3 is 4.74 Å². The largest absolute Gasteiger partial charge is 0.498 e. The van der Waals surface area contributed by atoms with Crippen LogP contribution in [0.4, 0.5) is 13.2 Å². The molecule has 3 rings (SSSR count). The van der Waals surface area contributed by atoms with Gasteiger partial charge in [0.1, 0.15) is 0 Å². The molecule has 0 spiro atoms. The van der Waals surface area contributed by atoms with Crippen molar-refractivity contribution in [2.24, 2.45) is 5.92 Å². The zero-order valence-electron chi connectivity index (χ0n) is 15.6. The third kappa shape index (κ3) is 4.63. The summed E-state index contributed by atoms with van der Waals surface area (Å²) in [5.74, 6) is -2.92. The van der Waals surface area contributed by atoms with E-state index in [0.717, 1.165) is 57.1 Å². The lowest BCUT2D eigenvalue weighted by atomic mass is 9.75. The van der Waals surface area contributed by atoms with Crippen LogP contribution in [0.15, 0.2) is 24.0 Å². The smallest absolute Gasteiger partial charge is 0.194 e. The minimum atomic E-state index is -1.37. The summed E-state index contributed by atoms with van der Waals surface area (Å²) in [6.07, 6.45) is 13.2. The molecule has 0 N–H and O–H groups in total. The van der Waals surface area contributed by atoms with Crippen molar-refractivity contribution in [3.05, 3.63) is 47.0 Å². The van der Waals surface area contributed by atoms with E-state index in [1.54, 1.807) is 0 Å². The monoisotopic (exact) mass is 366 g/mol. The Bertz CT molecular complexity index is 609. The molecule has 0 bridgehead atoms. The molecule has 1 aliphatic carbocycles. The van der Waals surface area contributed by atoms with Gasteiger partial charge in [-0.15, -0.1) is 0 Å². The van der Waals surface area contributed by atoms with Crippen molar-refractivity contribution >= 4 is 0 Å². The number of hydrogen-bond donors (Lipinski definition) is 0. The quantitative estimate of drug-likeness (QED) is 0.388. The van der Waals surface area contributed by atoms with Crippen molar-refractivity contribution in [3.8, 4) is 0 Å². The van der Waals surface area contributed by atoms with Crippen LogP contribution in [0.5, 0.6) is 0 Å². The fourth-order valence-corrected chi connectivity index (χ4v) is 4.38. The summed E-state index contributed by atoms with van der Waals surface area (Å²) in [5, 5.41) is 0. The first kappa shape index (κ1) is 19.3. The summed E-state index contributed by atoms with van der Waals surface area (Å²) >= 11 is 0. The first-order valence-corrected chi connectivity index (χ1v) is 10.1. The summed E-state index contributed by atoms with van der Waals surface area (Å²) < 4.78 is 46.0. The molecule has 0 saturated heterocycles. The first-order chi connectivity index (χ1) is 12.6. The Balaban J connectivity index is 1.51. The molecule has 1 heterocycles. The van der Waals surface area contributed by atoms with Gasteiger partial charge in [0.05, 0.1) is 12.4 Å².